The number of rotatable bonds is 8. The number of hydrogen-bond acceptors (Lipinski definition) is 4. The van der Waals surface area contributed by atoms with Gasteiger partial charge in [-0.25, -0.2) is 0 Å². The maximum absolute atomic E-state index is 11.7. The van der Waals surface area contributed by atoms with Crippen LogP contribution in [0.4, 0.5) is 0 Å². The van der Waals surface area contributed by atoms with Crippen molar-refractivity contribution >= 4 is 5.91 Å². The minimum atomic E-state index is -0.0919. The van der Waals surface area contributed by atoms with E-state index in [9.17, 15) is 4.79 Å². The summed E-state index contributed by atoms with van der Waals surface area (Å²) in [6.07, 6.45) is 4.21. The van der Waals surface area contributed by atoms with Crippen molar-refractivity contribution in [3.05, 3.63) is 29.8 Å². The van der Waals surface area contributed by atoms with Crippen LogP contribution in [-0.2, 0) is 20.7 Å². The maximum atomic E-state index is 11.7. The largest absolute Gasteiger partial charge is 0.496 e. The van der Waals surface area contributed by atoms with Crippen molar-refractivity contribution in [2.45, 2.75) is 31.8 Å². The summed E-state index contributed by atoms with van der Waals surface area (Å²) in [6.45, 7) is 1.97. The zero-order valence-corrected chi connectivity index (χ0v) is 13.2. The fourth-order valence-electron chi connectivity index (χ4n) is 2.52. The Morgan fingerprint density at radius 1 is 1.36 bits per heavy atom. The lowest BCUT2D eigenvalue weighted by Gasteiger charge is -2.22. The molecule has 0 bridgehead atoms. The average molecular weight is 307 g/mol. The predicted octanol–water partition coefficient (Wildman–Crippen LogP) is 1.94. The van der Waals surface area contributed by atoms with E-state index in [0.29, 0.717) is 13.2 Å². The molecule has 1 amide bonds. The first-order valence-electron chi connectivity index (χ1n) is 7.87. The molecule has 5 nitrogen and oxygen atoms in total. The van der Waals surface area contributed by atoms with E-state index in [1.807, 2.05) is 24.3 Å². The fraction of sp³-hybridized carbons (Fsp3) is 0.588. The molecule has 1 aliphatic rings. The highest BCUT2D eigenvalue weighted by molar-refractivity contribution is 5.77. The Hall–Kier alpha value is -1.59. The summed E-state index contributed by atoms with van der Waals surface area (Å²) in [7, 11) is 1.65. The lowest BCUT2D eigenvalue weighted by Crippen LogP contribution is -2.32. The van der Waals surface area contributed by atoms with Crippen LogP contribution in [0.5, 0.6) is 5.75 Å². The zero-order valence-electron chi connectivity index (χ0n) is 13.2. The quantitative estimate of drug-likeness (QED) is 0.797. The second-order valence-electron chi connectivity index (χ2n) is 5.42. The van der Waals surface area contributed by atoms with E-state index in [4.69, 9.17) is 14.2 Å². The second kappa shape index (κ2) is 9.43. The second-order valence-corrected chi connectivity index (χ2v) is 5.42. The van der Waals surface area contributed by atoms with Gasteiger partial charge in [0.15, 0.2) is 0 Å². The van der Waals surface area contributed by atoms with Crippen molar-refractivity contribution in [1.29, 1.82) is 0 Å². The van der Waals surface area contributed by atoms with Gasteiger partial charge in [0.25, 0.3) is 0 Å². The Morgan fingerprint density at radius 2 is 2.23 bits per heavy atom. The van der Waals surface area contributed by atoms with Gasteiger partial charge in [-0.3, -0.25) is 4.79 Å². The minimum Gasteiger partial charge on any atom is -0.496 e. The third-order valence-corrected chi connectivity index (χ3v) is 3.72. The maximum Gasteiger partial charge on any atom is 0.246 e. The van der Waals surface area contributed by atoms with Gasteiger partial charge in [-0.2, -0.15) is 0 Å². The van der Waals surface area contributed by atoms with Gasteiger partial charge in [-0.1, -0.05) is 18.2 Å². The molecule has 1 N–H and O–H groups in total. The minimum absolute atomic E-state index is 0.0891. The monoisotopic (exact) mass is 307 g/mol. The van der Waals surface area contributed by atoms with Crippen molar-refractivity contribution in [3.8, 4) is 5.75 Å². The molecule has 1 heterocycles. The Bertz CT molecular complexity index is 458. The van der Waals surface area contributed by atoms with Gasteiger partial charge in [-0.05, 0) is 37.3 Å². The molecular formula is C17H25NO4. The Labute approximate surface area is 131 Å². The molecule has 1 aliphatic heterocycles. The summed E-state index contributed by atoms with van der Waals surface area (Å²) >= 11 is 0. The van der Waals surface area contributed by atoms with E-state index in [0.717, 1.165) is 37.2 Å². The van der Waals surface area contributed by atoms with E-state index in [2.05, 4.69) is 5.32 Å². The van der Waals surface area contributed by atoms with E-state index in [1.54, 1.807) is 7.11 Å². The van der Waals surface area contributed by atoms with E-state index in [-0.39, 0.29) is 18.6 Å². The van der Waals surface area contributed by atoms with Crippen LogP contribution in [0, 0.1) is 0 Å². The summed E-state index contributed by atoms with van der Waals surface area (Å²) in [5.74, 6) is 0.758. The van der Waals surface area contributed by atoms with Crippen molar-refractivity contribution in [3.63, 3.8) is 0 Å². The normalized spacial score (nSPS) is 18.0. The lowest BCUT2D eigenvalue weighted by molar-refractivity contribution is -0.127. The van der Waals surface area contributed by atoms with Crippen LogP contribution >= 0.6 is 0 Å². The highest BCUT2D eigenvalue weighted by Gasteiger charge is 2.14. The summed E-state index contributed by atoms with van der Waals surface area (Å²) in [5, 5.41) is 2.86. The van der Waals surface area contributed by atoms with Gasteiger partial charge in [0, 0.05) is 13.2 Å². The van der Waals surface area contributed by atoms with Gasteiger partial charge in [-0.15, -0.1) is 0 Å². The number of para-hydroxylation sites is 1. The van der Waals surface area contributed by atoms with E-state index in [1.165, 1.54) is 6.42 Å². The molecule has 0 radical (unpaired) electrons. The van der Waals surface area contributed by atoms with E-state index >= 15 is 0 Å². The molecule has 1 atom stereocenters. The molecule has 122 valence electrons. The first kappa shape index (κ1) is 16.8. The molecule has 0 aliphatic carbocycles. The standard InChI is InChI=1S/C17H25NO4/c1-20-16-8-3-2-6-14(16)9-10-18-17(19)13-21-12-15-7-4-5-11-22-15/h2-3,6,8,15H,4-5,7,9-13H2,1H3,(H,18,19). The molecular weight excluding hydrogens is 282 g/mol. The van der Waals surface area contributed by atoms with Gasteiger partial charge in [0.05, 0.1) is 19.8 Å². The van der Waals surface area contributed by atoms with Crippen LogP contribution < -0.4 is 10.1 Å². The Kier molecular flexibility index (Phi) is 7.19. The van der Waals surface area contributed by atoms with Gasteiger partial charge in [0.2, 0.25) is 5.91 Å². The first-order chi connectivity index (χ1) is 10.8. The molecule has 1 aromatic carbocycles. The summed E-state index contributed by atoms with van der Waals surface area (Å²) < 4.78 is 16.3. The van der Waals surface area contributed by atoms with Crippen molar-refractivity contribution in [2.24, 2.45) is 0 Å². The van der Waals surface area contributed by atoms with Crippen LogP contribution in [0.3, 0.4) is 0 Å². The third-order valence-electron chi connectivity index (χ3n) is 3.72. The molecule has 0 aromatic heterocycles. The topological polar surface area (TPSA) is 56.8 Å². The van der Waals surface area contributed by atoms with Gasteiger partial charge in [0.1, 0.15) is 12.4 Å². The SMILES string of the molecule is COc1ccccc1CCNC(=O)COCC1CCCCO1. The van der Waals surface area contributed by atoms with Crippen LogP contribution in [0.25, 0.3) is 0 Å². The summed E-state index contributed by atoms with van der Waals surface area (Å²) in [4.78, 5) is 11.7. The van der Waals surface area contributed by atoms with Crippen LogP contribution in [0.2, 0.25) is 0 Å². The molecule has 1 unspecified atom stereocenters. The predicted molar refractivity (Wildman–Crippen MR) is 84.1 cm³/mol. The lowest BCUT2D eigenvalue weighted by atomic mass is 10.1. The summed E-state index contributed by atoms with van der Waals surface area (Å²) in [5.41, 5.74) is 1.09. The highest BCUT2D eigenvalue weighted by atomic mass is 16.5. The molecule has 0 spiro atoms. The smallest absolute Gasteiger partial charge is 0.246 e. The van der Waals surface area contributed by atoms with Crippen LogP contribution in [0.15, 0.2) is 24.3 Å². The first-order valence-corrected chi connectivity index (χ1v) is 7.87. The molecule has 2 rings (SSSR count). The number of hydrogen-bond donors (Lipinski definition) is 1. The number of methoxy groups -OCH3 is 1. The number of carbonyl (C=O) groups excluding carboxylic acids is 1. The van der Waals surface area contributed by atoms with Gasteiger partial charge >= 0.3 is 0 Å². The van der Waals surface area contributed by atoms with Crippen molar-refractivity contribution in [2.75, 3.05) is 33.5 Å². The third kappa shape index (κ3) is 5.66. The fourth-order valence-corrected chi connectivity index (χ4v) is 2.52. The highest BCUT2D eigenvalue weighted by Crippen LogP contribution is 2.17. The number of amides is 1. The van der Waals surface area contributed by atoms with E-state index < -0.39 is 0 Å². The van der Waals surface area contributed by atoms with Crippen LogP contribution in [0.1, 0.15) is 24.8 Å². The Balaban J connectivity index is 1.59. The average Bonchev–Trinajstić information content (AvgIpc) is 2.56. The molecule has 1 aromatic rings. The molecule has 5 heteroatoms. The number of benzene rings is 1. The van der Waals surface area contributed by atoms with Crippen LogP contribution in [-0.4, -0.2) is 45.5 Å². The molecule has 0 saturated carbocycles. The molecule has 22 heavy (non-hydrogen) atoms. The Morgan fingerprint density at radius 3 is 3.00 bits per heavy atom. The number of ether oxygens (including phenoxy) is 3. The molecule has 1 fully saturated rings. The number of carbonyl (C=O) groups is 1. The molecule has 1 saturated heterocycles. The van der Waals surface area contributed by atoms with Crippen molar-refractivity contribution in [1.82, 2.24) is 5.32 Å². The zero-order chi connectivity index (χ0) is 15.6. The summed E-state index contributed by atoms with van der Waals surface area (Å²) in [6, 6.07) is 7.82. The van der Waals surface area contributed by atoms with Crippen molar-refractivity contribution < 1.29 is 19.0 Å². The van der Waals surface area contributed by atoms with Gasteiger partial charge < -0.3 is 19.5 Å². The number of nitrogens with one attached hydrogen (secondary N) is 1.